The Hall–Kier alpha value is -1.94. The lowest BCUT2D eigenvalue weighted by atomic mass is 9.99. The van der Waals surface area contributed by atoms with Gasteiger partial charge in [-0.1, -0.05) is 337 Å². The van der Waals surface area contributed by atoms with Gasteiger partial charge in [0.15, 0.2) is 12.2 Å². The van der Waals surface area contributed by atoms with Crippen molar-refractivity contribution in [2.75, 3.05) is 39.6 Å². The summed E-state index contributed by atoms with van der Waals surface area (Å²) in [7, 11) is -9.91. The molecule has 7 atom stereocenters. The van der Waals surface area contributed by atoms with Crippen LogP contribution in [0.25, 0.3) is 0 Å². The van der Waals surface area contributed by atoms with E-state index >= 15 is 0 Å². The number of phosphoric ester groups is 2. The summed E-state index contributed by atoms with van der Waals surface area (Å²) >= 11 is 0. The Kier molecular flexibility index (Phi) is 65.5. The molecule has 0 aliphatic rings. The molecule has 0 heterocycles. The van der Waals surface area contributed by atoms with E-state index in [-0.39, 0.29) is 25.7 Å². The first-order valence-corrected chi connectivity index (χ1v) is 42.1. The molecule has 0 fully saturated rings. The largest absolute Gasteiger partial charge is 0.472 e. The first-order chi connectivity index (χ1) is 45.4. The Balaban J connectivity index is 5.22. The molecule has 0 rings (SSSR count). The molecule has 0 aromatic rings. The van der Waals surface area contributed by atoms with E-state index < -0.39 is 97.5 Å². The summed E-state index contributed by atoms with van der Waals surface area (Å²) in [5.41, 5.74) is 0. The summed E-state index contributed by atoms with van der Waals surface area (Å²) in [5, 5.41) is 10.6. The van der Waals surface area contributed by atoms with E-state index in [0.717, 1.165) is 108 Å². The minimum Gasteiger partial charge on any atom is -0.462 e. The second kappa shape index (κ2) is 66.9. The van der Waals surface area contributed by atoms with Crippen LogP contribution in [-0.4, -0.2) is 96.7 Å². The highest BCUT2D eigenvalue weighted by Gasteiger charge is 2.30. The average molecular weight is 1380 g/mol. The van der Waals surface area contributed by atoms with Gasteiger partial charge in [-0.25, -0.2) is 9.13 Å². The first kappa shape index (κ1) is 92.1. The molecule has 17 nitrogen and oxygen atoms in total. The van der Waals surface area contributed by atoms with Gasteiger partial charge in [0.25, 0.3) is 0 Å². The summed E-state index contributed by atoms with van der Waals surface area (Å²) in [6, 6.07) is 0. The third-order valence-corrected chi connectivity index (χ3v) is 20.1. The molecular formula is C75H146O17P2. The molecule has 0 aromatic carbocycles. The van der Waals surface area contributed by atoms with Crippen LogP contribution in [-0.2, 0) is 65.4 Å². The molecule has 0 aromatic heterocycles. The van der Waals surface area contributed by atoms with Gasteiger partial charge < -0.3 is 33.8 Å². The van der Waals surface area contributed by atoms with E-state index in [4.69, 9.17) is 37.0 Å². The number of esters is 4. The molecule has 0 amide bonds. The quantitative estimate of drug-likeness (QED) is 0.0222. The molecule has 0 aliphatic carbocycles. The van der Waals surface area contributed by atoms with Gasteiger partial charge in [0.05, 0.1) is 26.4 Å². The van der Waals surface area contributed by atoms with Crippen molar-refractivity contribution in [3.63, 3.8) is 0 Å². The highest BCUT2D eigenvalue weighted by atomic mass is 31.2. The normalized spacial score (nSPS) is 14.6. The lowest BCUT2D eigenvalue weighted by Gasteiger charge is -2.21. The molecule has 558 valence electrons. The van der Waals surface area contributed by atoms with Crippen LogP contribution in [0.4, 0.5) is 0 Å². The molecule has 0 radical (unpaired) electrons. The highest BCUT2D eigenvalue weighted by Crippen LogP contribution is 2.45. The molecule has 0 spiro atoms. The minimum absolute atomic E-state index is 0.106. The Labute approximate surface area is 575 Å². The average Bonchev–Trinajstić information content (AvgIpc) is 1.63. The van der Waals surface area contributed by atoms with Crippen molar-refractivity contribution in [1.82, 2.24) is 0 Å². The second-order valence-electron chi connectivity index (χ2n) is 27.5. The maximum atomic E-state index is 13.1. The van der Waals surface area contributed by atoms with Crippen LogP contribution in [0.3, 0.4) is 0 Å². The fraction of sp³-hybridized carbons (Fsp3) is 0.947. The Bertz CT molecular complexity index is 1820. The van der Waals surface area contributed by atoms with Crippen molar-refractivity contribution in [3.8, 4) is 0 Å². The molecular weight excluding hydrogens is 1230 g/mol. The number of aliphatic hydroxyl groups excluding tert-OH is 1. The van der Waals surface area contributed by atoms with E-state index in [2.05, 4.69) is 41.5 Å². The summed E-state index contributed by atoms with van der Waals surface area (Å²) in [6.07, 6.45) is 54.0. The smallest absolute Gasteiger partial charge is 0.462 e. The number of unbranched alkanes of at least 4 members (excludes halogenated alkanes) is 42. The standard InChI is InChI=1S/C75H146O17P2/c1-7-11-13-15-17-19-20-21-22-23-24-25-26-27-35-41-47-53-59-74(79)92-71(64-86-73(78)58-52-46-40-34-30-28-32-37-43-49-55-67(5)9-3)66-90-94(83,84)88-62-69(76)61-87-93(81,82)89-65-70(63-85-72(77)57-51-45-39-18-16-14-12-8-2)91-75(80)60-54-48-42-36-31-29-33-38-44-50-56-68(6)10-4/h67-71,76H,7-66H2,1-6H3,(H,81,82)(H,83,84)/t67?,68?,69-,70+,71+/m0/s1. The number of carbonyl (C=O) groups is 4. The van der Waals surface area contributed by atoms with Gasteiger partial charge in [-0.05, 0) is 37.5 Å². The van der Waals surface area contributed by atoms with Crippen molar-refractivity contribution in [3.05, 3.63) is 0 Å². The van der Waals surface area contributed by atoms with Crippen molar-refractivity contribution >= 4 is 39.5 Å². The Morgan fingerprint density at radius 2 is 0.511 bits per heavy atom. The molecule has 0 bridgehead atoms. The van der Waals surface area contributed by atoms with Gasteiger partial charge in [0.2, 0.25) is 0 Å². The maximum Gasteiger partial charge on any atom is 0.472 e. The van der Waals surface area contributed by atoms with Crippen molar-refractivity contribution in [1.29, 1.82) is 0 Å². The molecule has 0 aliphatic heterocycles. The lowest BCUT2D eigenvalue weighted by Crippen LogP contribution is -2.30. The van der Waals surface area contributed by atoms with E-state index in [0.29, 0.717) is 25.7 Å². The van der Waals surface area contributed by atoms with Crippen LogP contribution in [0.15, 0.2) is 0 Å². The summed E-state index contributed by atoms with van der Waals surface area (Å²) in [5.74, 6) is -0.506. The molecule has 0 saturated carbocycles. The molecule has 0 saturated heterocycles. The minimum atomic E-state index is -4.96. The van der Waals surface area contributed by atoms with Gasteiger partial charge in [-0.15, -0.1) is 0 Å². The van der Waals surface area contributed by atoms with Crippen LogP contribution in [0, 0.1) is 11.8 Å². The van der Waals surface area contributed by atoms with Crippen molar-refractivity contribution in [2.45, 2.75) is 407 Å². The number of hydrogen-bond acceptors (Lipinski definition) is 15. The number of hydrogen-bond donors (Lipinski definition) is 3. The number of ether oxygens (including phenoxy) is 4. The fourth-order valence-electron chi connectivity index (χ4n) is 11.4. The summed E-state index contributed by atoms with van der Waals surface area (Å²) in [4.78, 5) is 72.7. The zero-order valence-electron chi connectivity index (χ0n) is 61.3. The maximum absolute atomic E-state index is 13.1. The van der Waals surface area contributed by atoms with Gasteiger partial charge in [0.1, 0.15) is 19.3 Å². The summed E-state index contributed by atoms with van der Waals surface area (Å²) in [6.45, 7) is 9.62. The van der Waals surface area contributed by atoms with E-state index in [1.165, 1.54) is 199 Å². The predicted molar refractivity (Wildman–Crippen MR) is 381 cm³/mol. The fourth-order valence-corrected chi connectivity index (χ4v) is 13.0. The predicted octanol–water partition coefficient (Wildman–Crippen LogP) is 21.9. The van der Waals surface area contributed by atoms with Gasteiger partial charge >= 0.3 is 39.5 Å². The second-order valence-corrected chi connectivity index (χ2v) is 30.4. The van der Waals surface area contributed by atoms with E-state index in [9.17, 15) is 43.2 Å². The van der Waals surface area contributed by atoms with Gasteiger partial charge in [0, 0.05) is 25.7 Å². The van der Waals surface area contributed by atoms with E-state index in [1.54, 1.807) is 0 Å². The SMILES string of the molecule is CCCCCCCCCCCCCCCCCCCCC(=O)O[C@H](COC(=O)CCCCCCCCCCCCC(C)CC)COP(=O)(O)OC[C@@H](O)COP(=O)(O)OC[C@@H](COC(=O)CCCCCCCCCC)OC(=O)CCCCCCCCCCCCC(C)CC. The lowest BCUT2D eigenvalue weighted by molar-refractivity contribution is -0.161. The van der Waals surface area contributed by atoms with E-state index in [1.807, 2.05) is 0 Å². The molecule has 19 heteroatoms. The number of rotatable bonds is 74. The first-order valence-electron chi connectivity index (χ1n) is 39.1. The third kappa shape index (κ3) is 66.0. The Morgan fingerprint density at radius 1 is 0.298 bits per heavy atom. The monoisotopic (exact) mass is 1380 g/mol. The molecule has 4 unspecified atom stereocenters. The topological polar surface area (TPSA) is 237 Å². The molecule has 3 N–H and O–H groups in total. The van der Waals surface area contributed by atoms with Gasteiger partial charge in [-0.2, -0.15) is 0 Å². The summed E-state index contributed by atoms with van der Waals surface area (Å²) < 4.78 is 68.4. The zero-order chi connectivity index (χ0) is 69.3. The van der Waals surface area contributed by atoms with Crippen molar-refractivity contribution in [2.24, 2.45) is 11.8 Å². The highest BCUT2D eigenvalue weighted by molar-refractivity contribution is 7.47. The number of phosphoric acid groups is 2. The van der Waals surface area contributed by atoms with Crippen LogP contribution in [0.2, 0.25) is 0 Å². The van der Waals surface area contributed by atoms with Crippen LogP contribution >= 0.6 is 15.6 Å². The van der Waals surface area contributed by atoms with Crippen LogP contribution in [0.1, 0.15) is 388 Å². The Morgan fingerprint density at radius 3 is 0.755 bits per heavy atom. The zero-order valence-corrected chi connectivity index (χ0v) is 63.1. The van der Waals surface area contributed by atoms with Gasteiger partial charge in [-0.3, -0.25) is 37.3 Å². The van der Waals surface area contributed by atoms with Crippen LogP contribution < -0.4 is 0 Å². The van der Waals surface area contributed by atoms with Crippen molar-refractivity contribution < 1.29 is 80.2 Å². The third-order valence-electron chi connectivity index (χ3n) is 18.2. The molecule has 94 heavy (non-hydrogen) atoms. The number of carbonyl (C=O) groups excluding carboxylic acids is 4. The van der Waals surface area contributed by atoms with Crippen LogP contribution in [0.5, 0.6) is 0 Å². The number of aliphatic hydroxyl groups is 1.